The molecular formula is C19H23F2N3O2. The van der Waals surface area contributed by atoms with Crippen LogP contribution in [0.1, 0.15) is 11.3 Å². The predicted octanol–water partition coefficient (Wildman–Crippen LogP) is 3.69. The van der Waals surface area contributed by atoms with Gasteiger partial charge in [0.25, 0.3) is 0 Å². The van der Waals surface area contributed by atoms with Gasteiger partial charge < -0.3 is 19.4 Å². The number of benzene rings is 1. The maximum absolute atomic E-state index is 12.2. The van der Waals surface area contributed by atoms with Crippen LogP contribution in [0.3, 0.4) is 0 Å². The third kappa shape index (κ3) is 6.58. The first kappa shape index (κ1) is 19.5. The van der Waals surface area contributed by atoms with E-state index in [0.29, 0.717) is 26.1 Å². The normalized spacial score (nSPS) is 11.5. The van der Waals surface area contributed by atoms with Gasteiger partial charge in [-0.25, -0.2) is 0 Å². The average molecular weight is 363 g/mol. The van der Waals surface area contributed by atoms with Crippen molar-refractivity contribution in [3.05, 3.63) is 66.6 Å². The first-order valence-corrected chi connectivity index (χ1v) is 8.25. The van der Waals surface area contributed by atoms with Crippen molar-refractivity contribution in [2.45, 2.75) is 19.6 Å². The predicted molar refractivity (Wildman–Crippen MR) is 97.5 cm³/mol. The number of furan rings is 1. The number of hydrogen-bond donors (Lipinski definition) is 1. The smallest absolute Gasteiger partial charge is 0.387 e. The van der Waals surface area contributed by atoms with E-state index in [9.17, 15) is 8.78 Å². The molecule has 2 aromatic rings. The third-order valence-corrected chi connectivity index (χ3v) is 3.53. The molecule has 0 aliphatic rings. The molecule has 0 radical (unpaired) electrons. The highest BCUT2D eigenvalue weighted by molar-refractivity contribution is 5.79. The molecule has 2 rings (SSSR count). The van der Waals surface area contributed by atoms with Crippen molar-refractivity contribution in [3.63, 3.8) is 0 Å². The second kappa shape index (κ2) is 10.2. The number of nitrogens with zero attached hydrogens (tertiary/aromatic N) is 2. The largest absolute Gasteiger partial charge is 0.469 e. The molecular weight excluding hydrogens is 340 g/mol. The maximum Gasteiger partial charge on any atom is 0.387 e. The number of rotatable bonds is 9. The Hall–Kier alpha value is -2.83. The van der Waals surface area contributed by atoms with Gasteiger partial charge in [-0.2, -0.15) is 8.78 Å². The van der Waals surface area contributed by atoms with E-state index in [1.807, 2.05) is 24.1 Å². The molecule has 0 saturated carbocycles. The summed E-state index contributed by atoms with van der Waals surface area (Å²) in [6, 6.07) is 10.3. The molecule has 0 fully saturated rings. The molecule has 0 spiro atoms. The Labute approximate surface area is 152 Å². The quantitative estimate of drug-likeness (QED) is 0.419. The summed E-state index contributed by atoms with van der Waals surface area (Å²) in [6.07, 6.45) is 4.11. The Morgan fingerprint density at radius 1 is 1.35 bits per heavy atom. The Morgan fingerprint density at radius 3 is 2.73 bits per heavy atom. The van der Waals surface area contributed by atoms with E-state index in [0.717, 1.165) is 17.3 Å². The van der Waals surface area contributed by atoms with Gasteiger partial charge in [0, 0.05) is 33.1 Å². The number of ether oxygens (including phenoxy) is 1. The summed E-state index contributed by atoms with van der Waals surface area (Å²) in [5.74, 6) is 1.75. The summed E-state index contributed by atoms with van der Waals surface area (Å²) in [7, 11) is 1.91. The Bertz CT molecular complexity index is 685. The van der Waals surface area contributed by atoms with Crippen LogP contribution in [-0.4, -0.2) is 37.6 Å². The van der Waals surface area contributed by atoms with E-state index in [-0.39, 0.29) is 5.75 Å². The van der Waals surface area contributed by atoms with E-state index in [1.165, 1.54) is 12.1 Å². The van der Waals surface area contributed by atoms with Gasteiger partial charge in [-0.3, -0.25) is 4.99 Å². The minimum atomic E-state index is -2.82. The molecule has 0 unspecified atom stereocenters. The Kier molecular flexibility index (Phi) is 7.67. The van der Waals surface area contributed by atoms with E-state index < -0.39 is 6.61 Å². The number of guanidine groups is 1. The van der Waals surface area contributed by atoms with Crippen molar-refractivity contribution in [2.75, 3.05) is 20.1 Å². The van der Waals surface area contributed by atoms with Gasteiger partial charge in [0.05, 0.1) is 6.26 Å². The number of alkyl halides is 2. The molecule has 140 valence electrons. The first-order chi connectivity index (χ1) is 12.6. The molecule has 1 aromatic heterocycles. The fraction of sp³-hybridized carbons (Fsp3) is 0.316. The standard InChI is InChI=1S/C19H23F2N3O2/c1-3-11-22-19(23-12-10-16-5-4-13-25-16)24(2)14-15-6-8-17(9-7-15)26-18(20)21/h3-9,13,18H,1,10-12,14H2,2H3,(H,22,23). The van der Waals surface area contributed by atoms with Crippen molar-refractivity contribution in [2.24, 2.45) is 4.99 Å². The lowest BCUT2D eigenvalue weighted by atomic mass is 10.2. The van der Waals surface area contributed by atoms with Crippen LogP contribution in [0.2, 0.25) is 0 Å². The highest BCUT2D eigenvalue weighted by Crippen LogP contribution is 2.15. The zero-order valence-electron chi connectivity index (χ0n) is 14.7. The Morgan fingerprint density at radius 2 is 2.12 bits per heavy atom. The fourth-order valence-corrected chi connectivity index (χ4v) is 2.33. The van der Waals surface area contributed by atoms with Crippen LogP contribution in [0, 0.1) is 0 Å². The van der Waals surface area contributed by atoms with Crippen LogP contribution in [0.25, 0.3) is 0 Å². The minimum Gasteiger partial charge on any atom is -0.469 e. The zero-order chi connectivity index (χ0) is 18.8. The molecule has 1 N–H and O–H groups in total. The lowest BCUT2D eigenvalue weighted by molar-refractivity contribution is -0.0498. The van der Waals surface area contributed by atoms with E-state index in [2.05, 4.69) is 21.6 Å². The van der Waals surface area contributed by atoms with Crippen LogP contribution in [-0.2, 0) is 13.0 Å². The third-order valence-electron chi connectivity index (χ3n) is 3.53. The molecule has 7 heteroatoms. The topological polar surface area (TPSA) is 50.0 Å². The number of hydrogen-bond acceptors (Lipinski definition) is 3. The van der Waals surface area contributed by atoms with Crippen LogP contribution in [0.4, 0.5) is 8.78 Å². The SMILES string of the molecule is C=CCNC(=NCCc1ccco1)N(C)Cc1ccc(OC(F)F)cc1. The lowest BCUT2D eigenvalue weighted by Crippen LogP contribution is -2.38. The number of nitrogens with one attached hydrogen (secondary N) is 1. The van der Waals surface area contributed by atoms with Crippen LogP contribution < -0.4 is 10.1 Å². The zero-order valence-corrected chi connectivity index (χ0v) is 14.7. The molecule has 0 aliphatic heterocycles. The second-order valence-electron chi connectivity index (χ2n) is 5.58. The van der Waals surface area contributed by atoms with Crippen molar-refractivity contribution >= 4 is 5.96 Å². The van der Waals surface area contributed by atoms with Crippen LogP contribution in [0.5, 0.6) is 5.75 Å². The van der Waals surface area contributed by atoms with Gasteiger partial charge in [0.2, 0.25) is 0 Å². The minimum absolute atomic E-state index is 0.142. The van der Waals surface area contributed by atoms with Crippen molar-refractivity contribution in [3.8, 4) is 5.75 Å². The summed E-state index contributed by atoms with van der Waals surface area (Å²) >= 11 is 0. The highest BCUT2D eigenvalue weighted by atomic mass is 19.3. The summed E-state index contributed by atoms with van der Waals surface area (Å²) < 4.78 is 34.1. The molecule has 0 bridgehead atoms. The molecule has 0 atom stereocenters. The fourth-order valence-electron chi connectivity index (χ4n) is 2.33. The number of halogens is 2. The van der Waals surface area contributed by atoms with Gasteiger partial charge in [0.1, 0.15) is 11.5 Å². The highest BCUT2D eigenvalue weighted by Gasteiger charge is 2.08. The monoisotopic (exact) mass is 363 g/mol. The van der Waals surface area contributed by atoms with Gasteiger partial charge in [-0.15, -0.1) is 6.58 Å². The van der Waals surface area contributed by atoms with Crippen molar-refractivity contribution in [1.82, 2.24) is 10.2 Å². The summed E-state index contributed by atoms with van der Waals surface area (Å²) in [5.41, 5.74) is 0.952. The average Bonchev–Trinajstić information content (AvgIpc) is 3.12. The van der Waals surface area contributed by atoms with Crippen molar-refractivity contribution in [1.29, 1.82) is 0 Å². The second-order valence-corrected chi connectivity index (χ2v) is 5.58. The van der Waals surface area contributed by atoms with Gasteiger partial charge in [-0.05, 0) is 29.8 Å². The molecule has 0 amide bonds. The van der Waals surface area contributed by atoms with E-state index >= 15 is 0 Å². The van der Waals surface area contributed by atoms with E-state index in [4.69, 9.17) is 4.42 Å². The van der Waals surface area contributed by atoms with E-state index in [1.54, 1.807) is 24.5 Å². The molecule has 5 nitrogen and oxygen atoms in total. The molecule has 1 heterocycles. The van der Waals surface area contributed by atoms with Gasteiger partial charge in [-0.1, -0.05) is 18.2 Å². The molecule has 0 saturated heterocycles. The van der Waals surface area contributed by atoms with Gasteiger partial charge in [0.15, 0.2) is 5.96 Å². The van der Waals surface area contributed by atoms with Crippen LogP contribution >= 0.6 is 0 Å². The molecule has 1 aromatic carbocycles. The first-order valence-electron chi connectivity index (χ1n) is 8.25. The Balaban J connectivity index is 1.96. The summed E-state index contributed by atoms with van der Waals surface area (Å²) in [6.45, 7) is 2.62. The molecule has 26 heavy (non-hydrogen) atoms. The lowest BCUT2D eigenvalue weighted by Gasteiger charge is -2.22. The number of aliphatic imine (C=N–C) groups is 1. The van der Waals surface area contributed by atoms with Crippen molar-refractivity contribution < 1.29 is 17.9 Å². The maximum atomic E-state index is 12.2. The molecule has 0 aliphatic carbocycles. The van der Waals surface area contributed by atoms with Crippen LogP contribution in [0.15, 0.2) is 64.7 Å². The van der Waals surface area contributed by atoms with Gasteiger partial charge >= 0.3 is 6.61 Å². The summed E-state index contributed by atoms with van der Waals surface area (Å²) in [5, 5.41) is 3.21. The summed E-state index contributed by atoms with van der Waals surface area (Å²) in [4.78, 5) is 6.54.